The SMILES string of the molecule is CS(=O)(=O)C1CCCC(C(=O)C2CCCC2CN)C1. The molecule has 19 heavy (non-hydrogen) atoms. The lowest BCUT2D eigenvalue weighted by atomic mass is 9.78. The molecule has 0 aromatic carbocycles. The van der Waals surface area contributed by atoms with Gasteiger partial charge >= 0.3 is 0 Å². The van der Waals surface area contributed by atoms with Crippen LogP contribution in [0.25, 0.3) is 0 Å². The quantitative estimate of drug-likeness (QED) is 0.850. The Balaban J connectivity index is 2.03. The molecule has 2 fully saturated rings. The lowest BCUT2D eigenvalue weighted by Gasteiger charge is -2.30. The number of nitrogens with two attached hydrogens (primary N) is 1. The van der Waals surface area contributed by atoms with Gasteiger partial charge in [0.2, 0.25) is 0 Å². The van der Waals surface area contributed by atoms with Crippen molar-refractivity contribution in [2.75, 3.05) is 12.8 Å². The van der Waals surface area contributed by atoms with E-state index in [-0.39, 0.29) is 17.1 Å². The highest BCUT2D eigenvalue weighted by atomic mass is 32.2. The molecule has 2 N–H and O–H groups in total. The molecule has 2 saturated carbocycles. The van der Waals surface area contributed by atoms with Gasteiger partial charge in [-0.2, -0.15) is 0 Å². The van der Waals surface area contributed by atoms with Crippen molar-refractivity contribution in [1.82, 2.24) is 0 Å². The van der Waals surface area contributed by atoms with E-state index in [1.165, 1.54) is 6.26 Å². The van der Waals surface area contributed by atoms with E-state index in [9.17, 15) is 13.2 Å². The Hall–Kier alpha value is -0.420. The highest BCUT2D eigenvalue weighted by Crippen LogP contribution is 2.38. The third kappa shape index (κ3) is 3.37. The second kappa shape index (κ2) is 5.92. The smallest absolute Gasteiger partial charge is 0.150 e. The van der Waals surface area contributed by atoms with E-state index in [0.717, 1.165) is 32.1 Å². The molecule has 4 nitrogen and oxygen atoms in total. The van der Waals surface area contributed by atoms with Crippen molar-refractivity contribution >= 4 is 15.6 Å². The van der Waals surface area contributed by atoms with Crippen LogP contribution in [-0.2, 0) is 14.6 Å². The van der Waals surface area contributed by atoms with Gasteiger partial charge < -0.3 is 5.73 Å². The number of sulfone groups is 1. The van der Waals surface area contributed by atoms with E-state index < -0.39 is 9.84 Å². The molecule has 0 aromatic rings. The minimum absolute atomic E-state index is 0.0503. The summed E-state index contributed by atoms with van der Waals surface area (Å²) in [4.78, 5) is 12.6. The van der Waals surface area contributed by atoms with Gasteiger partial charge in [-0.1, -0.05) is 12.8 Å². The minimum Gasteiger partial charge on any atom is -0.330 e. The summed E-state index contributed by atoms with van der Waals surface area (Å²) in [6.07, 6.45) is 7.34. The molecule has 0 saturated heterocycles. The highest BCUT2D eigenvalue weighted by Gasteiger charge is 2.39. The van der Waals surface area contributed by atoms with Crippen LogP contribution in [0.4, 0.5) is 0 Å². The Labute approximate surface area is 116 Å². The van der Waals surface area contributed by atoms with E-state index in [2.05, 4.69) is 0 Å². The largest absolute Gasteiger partial charge is 0.330 e. The number of carbonyl (C=O) groups excluding carboxylic acids is 1. The summed E-state index contributed by atoms with van der Waals surface area (Å²) >= 11 is 0. The van der Waals surface area contributed by atoms with Gasteiger partial charge in [0, 0.05) is 18.1 Å². The predicted molar refractivity (Wildman–Crippen MR) is 75.5 cm³/mol. The van der Waals surface area contributed by atoms with Gasteiger partial charge in [0.15, 0.2) is 0 Å². The Morgan fingerprint density at radius 1 is 1.16 bits per heavy atom. The summed E-state index contributed by atoms with van der Waals surface area (Å²) in [6, 6.07) is 0. The summed E-state index contributed by atoms with van der Waals surface area (Å²) in [6.45, 7) is 0.582. The summed E-state index contributed by atoms with van der Waals surface area (Å²) in [5.41, 5.74) is 5.74. The van der Waals surface area contributed by atoms with Gasteiger partial charge in [0.05, 0.1) is 5.25 Å². The van der Waals surface area contributed by atoms with Crippen molar-refractivity contribution in [2.24, 2.45) is 23.5 Å². The maximum Gasteiger partial charge on any atom is 0.150 e. The number of hydrogen-bond donors (Lipinski definition) is 1. The van der Waals surface area contributed by atoms with Crippen molar-refractivity contribution in [3.05, 3.63) is 0 Å². The lowest BCUT2D eigenvalue weighted by molar-refractivity contribution is -0.128. The van der Waals surface area contributed by atoms with Crippen LogP contribution < -0.4 is 5.73 Å². The lowest BCUT2D eigenvalue weighted by Crippen LogP contribution is -2.36. The average Bonchev–Trinajstić information content (AvgIpc) is 2.85. The molecule has 4 atom stereocenters. The van der Waals surface area contributed by atoms with E-state index in [1.54, 1.807) is 0 Å². The number of Topliss-reactive ketones (excluding diaryl/α,β-unsaturated/α-hetero) is 1. The molecule has 110 valence electrons. The van der Waals surface area contributed by atoms with Crippen LogP contribution in [0.2, 0.25) is 0 Å². The molecular formula is C14H25NO3S. The first-order valence-corrected chi connectivity index (χ1v) is 9.31. The van der Waals surface area contributed by atoms with Crippen LogP contribution in [0.5, 0.6) is 0 Å². The van der Waals surface area contributed by atoms with E-state index in [1.807, 2.05) is 0 Å². The third-order valence-corrected chi connectivity index (χ3v) is 6.60. The zero-order valence-electron chi connectivity index (χ0n) is 11.7. The molecule has 0 bridgehead atoms. The topological polar surface area (TPSA) is 77.2 Å². The molecule has 0 amide bonds. The van der Waals surface area contributed by atoms with Gasteiger partial charge in [-0.15, -0.1) is 0 Å². The van der Waals surface area contributed by atoms with Crippen LogP contribution in [0.3, 0.4) is 0 Å². The summed E-state index contributed by atoms with van der Waals surface area (Å²) in [7, 11) is -3.01. The molecule has 2 aliphatic rings. The zero-order valence-corrected chi connectivity index (χ0v) is 12.5. The fourth-order valence-corrected chi connectivity index (χ4v) is 4.97. The molecule has 2 aliphatic carbocycles. The molecule has 0 radical (unpaired) electrons. The monoisotopic (exact) mass is 287 g/mol. The van der Waals surface area contributed by atoms with Crippen molar-refractivity contribution in [3.63, 3.8) is 0 Å². The second-order valence-corrected chi connectivity index (χ2v) is 8.58. The number of carbonyl (C=O) groups is 1. The van der Waals surface area contributed by atoms with Crippen LogP contribution in [0, 0.1) is 17.8 Å². The number of ketones is 1. The van der Waals surface area contributed by atoms with Gasteiger partial charge in [0.25, 0.3) is 0 Å². The predicted octanol–water partition coefficient (Wildman–Crippen LogP) is 1.53. The first kappa shape index (κ1) is 15.0. The maximum absolute atomic E-state index is 12.6. The van der Waals surface area contributed by atoms with Crippen LogP contribution >= 0.6 is 0 Å². The van der Waals surface area contributed by atoms with Gasteiger partial charge in [0.1, 0.15) is 15.6 Å². The van der Waals surface area contributed by atoms with Crippen molar-refractivity contribution in [1.29, 1.82) is 0 Å². The first-order valence-electron chi connectivity index (χ1n) is 7.36. The fraction of sp³-hybridized carbons (Fsp3) is 0.929. The first-order chi connectivity index (χ1) is 8.93. The zero-order chi connectivity index (χ0) is 14.0. The van der Waals surface area contributed by atoms with E-state index >= 15 is 0 Å². The second-order valence-electron chi connectivity index (χ2n) is 6.25. The standard InChI is InChI=1S/C14H25NO3S/c1-19(17,18)12-6-2-4-10(8-12)14(16)13-7-3-5-11(13)9-15/h10-13H,2-9,15H2,1H3. The summed E-state index contributed by atoms with van der Waals surface area (Å²) in [5.74, 6) is 0.659. The number of rotatable bonds is 4. The Morgan fingerprint density at radius 3 is 2.47 bits per heavy atom. The molecule has 0 heterocycles. The Morgan fingerprint density at radius 2 is 1.84 bits per heavy atom. The van der Waals surface area contributed by atoms with Crippen LogP contribution in [0.15, 0.2) is 0 Å². The maximum atomic E-state index is 12.6. The molecule has 2 rings (SSSR count). The Bertz CT molecular complexity index is 432. The molecular weight excluding hydrogens is 262 g/mol. The van der Waals surface area contributed by atoms with Crippen LogP contribution in [0.1, 0.15) is 44.9 Å². The molecule has 4 unspecified atom stereocenters. The van der Waals surface area contributed by atoms with E-state index in [0.29, 0.717) is 31.1 Å². The molecule has 5 heteroatoms. The van der Waals surface area contributed by atoms with Gasteiger partial charge in [-0.05, 0) is 44.6 Å². The third-order valence-electron chi connectivity index (χ3n) is 4.96. The average molecular weight is 287 g/mol. The molecule has 0 aliphatic heterocycles. The van der Waals surface area contributed by atoms with Gasteiger partial charge in [-0.3, -0.25) is 4.79 Å². The number of hydrogen-bond acceptors (Lipinski definition) is 4. The van der Waals surface area contributed by atoms with Crippen molar-refractivity contribution < 1.29 is 13.2 Å². The van der Waals surface area contributed by atoms with Gasteiger partial charge in [-0.25, -0.2) is 8.42 Å². The molecule has 0 spiro atoms. The highest BCUT2D eigenvalue weighted by molar-refractivity contribution is 7.91. The van der Waals surface area contributed by atoms with Crippen molar-refractivity contribution in [3.8, 4) is 0 Å². The fourth-order valence-electron chi connectivity index (χ4n) is 3.79. The van der Waals surface area contributed by atoms with E-state index in [4.69, 9.17) is 5.73 Å². The normalized spacial score (nSPS) is 36.3. The Kier molecular flexibility index (Phi) is 4.66. The minimum atomic E-state index is -3.01. The molecule has 0 aromatic heterocycles. The van der Waals surface area contributed by atoms with Crippen molar-refractivity contribution in [2.45, 2.75) is 50.2 Å². The summed E-state index contributed by atoms with van der Waals surface area (Å²) < 4.78 is 23.3. The summed E-state index contributed by atoms with van der Waals surface area (Å²) in [5, 5.41) is -0.312. The van der Waals surface area contributed by atoms with Crippen LogP contribution in [-0.4, -0.2) is 32.3 Å².